The van der Waals surface area contributed by atoms with Crippen molar-refractivity contribution in [2.24, 2.45) is 17.0 Å². The number of rotatable bonds is 2. The summed E-state index contributed by atoms with van der Waals surface area (Å²) in [6, 6.07) is 0.0474. The Hall–Kier alpha value is -0.170. The molecule has 1 aliphatic carbocycles. The van der Waals surface area contributed by atoms with Crippen molar-refractivity contribution in [1.82, 2.24) is 10.0 Å². The highest BCUT2D eigenvalue weighted by molar-refractivity contribution is 7.87. The Morgan fingerprint density at radius 1 is 1.21 bits per heavy atom. The van der Waals surface area contributed by atoms with Crippen LogP contribution in [0.25, 0.3) is 0 Å². The Bertz CT molecular complexity index is 304. The average Bonchev–Trinajstić information content (AvgIpc) is 2.47. The van der Waals surface area contributed by atoms with Gasteiger partial charge in [0.25, 0.3) is 10.2 Å². The van der Waals surface area contributed by atoms with E-state index in [0.29, 0.717) is 5.92 Å². The van der Waals surface area contributed by atoms with Gasteiger partial charge in [-0.05, 0) is 44.2 Å². The maximum atomic E-state index is 10.8. The Morgan fingerprint density at radius 3 is 2.64 bits per heavy atom. The lowest BCUT2D eigenvalue weighted by Crippen LogP contribution is -2.43. The van der Waals surface area contributed by atoms with E-state index in [0.717, 1.165) is 38.3 Å². The molecule has 0 spiro atoms. The standard InChI is InChI=1S/C8H17N3O2S/c9-14(12,13)11-8-2-1-6-4-10-5-7(6)3-8/h6-8,10-11H,1-5H2,(H2,9,12,13)/t6-,7+,8?/m0/s1. The number of hydrogen-bond acceptors (Lipinski definition) is 3. The normalized spacial score (nSPS) is 38.2. The molecule has 0 radical (unpaired) electrons. The fourth-order valence-corrected chi connectivity index (χ4v) is 3.32. The molecule has 1 aliphatic heterocycles. The lowest BCUT2D eigenvalue weighted by atomic mass is 9.79. The van der Waals surface area contributed by atoms with Gasteiger partial charge in [0.15, 0.2) is 0 Å². The summed E-state index contributed by atoms with van der Waals surface area (Å²) in [6.45, 7) is 2.11. The summed E-state index contributed by atoms with van der Waals surface area (Å²) in [6.07, 6.45) is 2.94. The minimum absolute atomic E-state index is 0.0474. The molecule has 1 heterocycles. The topological polar surface area (TPSA) is 84.2 Å². The molecule has 5 nitrogen and oxygen atoms in total. The van der Waals surface area contributed by atoms with Crippen molar-refractivity contribution in [3.8, 4) is 0 Å². The van der Waals surface area contributed by atoms with Crippen LogP contribution in [0.15, 0.2) is 0 Å². The molecule has 4 N–H and O–H groups in total. The summed E-state index contributed by atoms with van der Waals surface area (Å²) in [5.74, 6) is 1.37. The summed E-state index contributed by atoms with van der Waals surface area (Å²) in [5.41, 5.74) is 0. The maximum absolute atomic E-state index is 10.8. The van der Waals surface area contributed by atoms with E-state index >= 15 is 0 Å². The van der Waals surface area contributed by atoms with Gasteiger partial charge in [0.2, 0.25) is 0 Å². The van der Waals surface area contributed by atoms with Gasteiger partial charge in [0, 0.05) is 6.04 Å². The third-order valence-corrected chi connectivity index (χ3v) is 3.95. The van der Waals surface area contributed by atoms with Crippen LogP contribution in [-0.4, -0.2) is 27.5 Å². The second kappa shape index (κ2) is 3.77. The molecule has 0 aromatic rings. The monoisotopic (exact) mass is 219 g/mol. The molecule has 1 saturated carbocycles. The molecule has 1 unspecified atom stereocenters. The van der Waals surface area contributed by atoms with E-state index in [1.165, 1.54) is 0 Å². The second-order valence-corrected chi connectivity index (χ2v) is 5.68. The van der Waals surface area contributed by atoms with Gasteiger partial charge < -0.3 is 5.32 Å². The van der Waals surface area contributed by atoms with Crippen LogP contribution in [0.5, 0.6) is 0 Å². The Kier molecular flexibility index (Phi) is 2.79. The van der Waals surface area contributed by atoms with Gasteiger partial charge in [0.05, 0.1) is 0 Å². The summed E-state index contributed by atoms with van der Waals surface area (Å²) in [4.78, 5) is 0. The first kappa shape index (κ1) is 10.4. The van der Waals surface area contributed by atoms with Crippen LogP contribution < -0.4 is 15.2 Å². The van der Waals surface area contributed by atoms with E-state index in [9.17, 15) is 8.42 Å². The van der Waals surface area contributed by atoms with Crippen LogP contribution in [0.3, 0.4) is 0 Å². The lowest BCUT2D eigenvalue weighted by molar-refractivity contribution is 0.260. The quantitative estimate of drug-likeness (QED) is 0.566. The third kappa shape index (κ3) is 2.44. The molecule has 0 aromatic carbocycles. The first-order valence-electron chi connectivity index (χ1n) is 5.05. The molecule has 1 saturated heterocycles. The summed E-state index contributed by atoms with van der Waals surface area (Å²) < 4.78 is 24.2. The van der Waals surface area contributed by atoms with Crippen molar-refractivity contribution in [3.05, 3.63) is 0 Å². The zero-order chi connectivity index (χ0) is 10.2. The van der Waals surface area contributed by atoms with Crippen molar-refractivity contribution in [3.63, 3.8) is 0 Å². The van der Waals surface area contributed by atoms with E-state index in [4.69, 9.17) is 5.14 Å². The molecule has 3 atom stereocenters. The minimum Gasteiger partial charge on any atom is -0.316 e. The van der Waals surface area contributed by atoms with Crippen molar-refractivity contribution in [2.45, 2.75) is 25.3 Å². The Labute approximate surface area is 84.6 Å². The van der Waals surface area contributed by atoms with Gasteiger partial charge in [-0.25, -0.2) is 5.14 Å². The predicted molar refractivity (Wildman–Crippen MR) is 53.7 cm³/mol. The number of nitrogens with two attached hydrogens (primary N) is 1. The number of fused-ring (bicyclic) bond motifs is 1. The molecule has 14 heavy (non-hydrogen) atoms. The van der Waals surface area contributed by atoms with Crippen LogP contribution in [0.1, 0.15) is 19.3 Å². The molecule has 0 aromatic heterocycles. The third-order valence-electron chi connectivity index (χ3n) is 3.28. The van der Waals surface area contributed by atoms with Gasteiger partial charge in [0.1, 0.15) is 0 Å². The van der Waals surface area contributed by atoms with E-state index in [1.54, 1.807) is 0 Å². The number of nitrogens with one attached hydrogen (secondary N) is 2. The summed E-state index contributed by atoms with van der Waals surface area (Å²) >= 11 is 0. The average molecular weight is 219 g/mol. The fraction of sp³-hybridized carbons (Fsp3) is 1.00. The second-order valence-electron chi connectivity index (χ2n) is 4.35. The molecule has 0 bridgehead atoms. The zero-order valence-corrected chi connectivity index (χ0v) is 8.89. The van der Waals surface area contributed by atoms with Crippen LogP contribution in [0, 0.1) is 11.8 Å². The largest absolute Gasteiger partial charge is 0.316 e. The molecule has 2 aliphatic rings. The first-order chi connectivity index (χ1) is 6.54. The predicted octanol–water partition coefficient (Wildman–Crippen LogP) is -0.832. The van der Waals surface area contributed by atoms with Gasteiger partial charge >= 0.3 is 0 Å². The van der Waals surface area contributed by atoms with Crippen molar-refractivity contribution < 1.29 is 8.42 Å². The van der Waals surface area contributed by atoms with Crippen LogP contribution in [0.4, 0.5) is 0 Å². The number of hydrogen-bond donors (Lipinski definition) is 3. The van der Waals surface area contributed by atoms with E-state index in [-0.39, 0.29) is 6.04 Å². The van der Waals surface area contributed by atoms with E-state index < -0.39 is 10.2 Å². The van der Waals surface area contributed by atoms with Crippen molar-refractivity contribution in [1.29, 1.82) is 0 Å². The van der Waals surface area contributed by atoms with E-state index in [2.05, 4.69) is 10.0 Å². The lowest BCUT2D eigenvalue weighted by Gasteiger charge is -2.30. The minimum atomic E-state index is -3.52. The van der Waals surface area contributed by atoms with Crippen LogP contribution in [-0.2, 0) is 10.2 Å². The molecule has 0 amide bonds. The van der Waals surface area contributed by atoms with Crippen LogP contribution >= 0.6 is 0 Å². The molecule has 82 valence electrons. The molecule has 2 fully saturated rings. The molecular formula is C8H17N3O2S. The molecule has 2 rings (SSSR count). The fourth-order valence-electron chi connectivity index (χ4n) is 2.64. The zero-order valence-electron chi connectivity index (χ0n) is 8.07. The van der Waals surface area contributed by atoms with Crippen molar-refractivity contribution in [2.75, 3.05) is 13.1 Å². The highest BCUT2D eigenvalue weighted by Gasteiger charge is 2.34. The maximum Gasteiger partial charge on any atom is 0.274 e. The van der Waals surface area contributed by atoms with Crippen molar-refractivity contribution >= 4 is 10.2 Å². The van der Waals surface area contributed by atoms with Gasteiger partial charge in [-0.15, -0.1) is 0 Å². The van der Waals surface area contributed by atoms with Gasteiger partial charge in [-0.2, -0.15) is 13.1 Å². The highest BCUT2D eigenvalue weighted by Crippen LogP contribution is 2.32. The van der Waals surface area contributed by atoms with E-state index in [1.807, 2.05) is 0 Å². The molecular weight excluding hydrogens is 202 g/mol. The van der Waals surface area contributed by atoms with Gasteiger partial charge in [-0.1, -0.05) is 0 Å². The highest BCUT2D eigenvalue weighted by atomic mass is 32.2. The Balaban J connectivity index is 1.91. The van der Waals surface area contributed by atoms with Gasteiger partial charge in [-0.3, -0.25) is 0 Å². The SMILES string of the molecule is NS(=O)(=O)NC1CC[C@H]2CNC[C@H]2C1. The first-order valence-corrected chi connectivity index (χ1v) is 6.60. The Morgan fingerprint density at radius 2 is 1.93 bits per heavy atom. The smallest absolute Gasteiger partial charge is 0.274 e. The summed E-state index contributed by atoms with van der Waals surface area (Å²) in [5, 5.41) is 8.29. The van der Waals surface area contributed by atoms with Crippen LogP contribution in [0.2, 0.25) is 0 Å². The summed E-state index contributed by atoms with van der Waals surface area (Å²) in [7, 11) is -3.52. The molecule has 6 heteroatoms.